The van der Waals surface area contributed by atoms with Gasteiger partial charge in [-0.3, -0.25) is 4.79 Å². The van der Waals surface area contributed by atoms with Gasteiger partial charge in [0.2, 0.25) is 0 Å². The van der Waals surface area contributed by atoms with Crippen molar-refractivity contribution in [3.8, 4) is 0 Å². The van der Waals surface area contributed by atoms with E-state index in [-0.39, 0.29) is 0 Å². The fourth-order valence-electron chi connectivity index (χ4n) is 3.63. The first-order valence-corrected chi connectivity index (χ1v) is 8.31. The van der Waals surface area contributed by atoms with Gasteiger partial charge in [0.05, 0.1) is 0 Å². The zero-order valence-corrected chi connectivity index (χ0v) is 14.1. The van der Waals surface area contributed by atoms with Crippen molar-refractivity contribution in [3.05, 3.63) is 34.5 Å². The molecule has 5 nitrogen and oxygen atoms in total. The Hall–Kier alpha value is -1.85. The van der Waals surface area contributed by atoms with Crippen LogP contribution in [0.3, 0.4) is 0 Å². The van der Waals surface area contributed by atoms with Crippen LogP contribution in [0.25, 0.3) is 10.9 Å². The SMILES string of the molecule is CCCn1c(C)c(CC(NC)C(=O)O)c2cc3c(cc21)CNC3. The van der Waals surface area contributed by atoms with Crippen molar-refractivity contribution in [1.29, 1.82) is 0 Å². The number of aliphatic carboxylic acids is 1. The van der Waals surface area contributed by atoms with E-state index in [1.54, 1.807) is 7.05 Å². The van der Waals surface area contributed by atoms with Crippen LogP contribution in [0, 0.1) is 6.92 Å². The highest BCUT2D eigenvalue weighted by molar-refractivity contribution is 5.88. The summed E-state index contributed by atoms with van der Waals surface area (Å²) < 4.78 is 2.35. The summed E-state index contributed by atoms with van der Waals surface area (Å²) in [6.45, 7) is 7.07. The Labute approximate surface area is 136 Å². The van der Waals surface area contributed by atoms with Crippen LogP contribution in [0.5, 0.6) is 0 Å². The molecule has 0 fully saturated rings. The van der Waals surface area contributed by atoms with Crippen LogP contribution in [0.4, 0.5) is 0 Å². The Morgan fingerprint density at radius 2 is 2.09 bits per heavy atom. The summed E-state index contributed by atoms with van der Waals surface area (Å²) in [5.41, 5.74) is 6.29. The van der Waals surface area contributed by atoms with Gasteiger partial charge in [-0.15, -0.1) is 0 Å². The molecule has 0 aliphatic carbocycles. The predicted molar refractivity (Wildman–Crippen MR) is 91.7 cm³/mol. The average molecular weight is 315 g/mol. The molecule has 1 aliphatic heterocycles. The summed E-state index contributed by atoms with van der Waals surface area (Å²) in [4.78, 5) is 11.4. The summed E-state index contributed by atoms with van der Waals surface area (Å²) in [5, 5.41) is 16.9. The van der Waals surface area contributed by atoms with Crippen molar-refractivity contribution < 1.29 is 9.90 Å². The van der Waals surface area contributed by atoms with Gasteiger partial charge in [0.15, 0.2) is 0 Å². The van der Waals surface area contributed by atoms with E-state index < -0.39 is 12.0 Å². The van der Waals surface area contributed by atoms with E-state index in [2.05, 4.69) is 41.2 Å². The summed E-state index contributed by atoms with van der Waals surface area (Å²) in [7, 11) is 1.71. The maximum Gasteiger partial charge on any atom is 0.321 e. The van der Waals surface area contributed by atoms with Gasteiger partial charge in [-0.1, -0.05) is 6.92 Å². The molecule has 0 saturated carbocycles. The number of fused-ring (bicyclic) bond motifs is 2. The molecule has 0 saturated heterocycles. The molecule has 0 spiro atoms. The van der Waals surface area contributed by atoms with Gasteiger partial charge in [-0.05, 0) is 49.2 Å². The zero-order valence-electron chi connectivity index (χ0n) is 14.1. The lowest BCUT2D eigenvalue weighted by atomic mass is 10.00. The Morgan fingerprint density at radius 1 is 1.39 bits per heavy atom. The van der Waals surface area contributed by atoms with Crippen LogP contribution in [0.2, 0.25) is 0 Å². The molecule has 0 amide bonds. The van der Waals surface area contributed by atoms with Crippen molar-refractivity contribution in [3.63, 3.8) is 0 Å². The molecule has 1 aromatic carbocycles. The van der Waals surface area contributed by atoms with Crippen LogP contribution in [0.1, 0.15) is 35.7 Å². The fraction of sp³-hybridized carbons (Fsp3) is 0.500. The van der Waals surface area contributed by atoms with E-state index in [1.165, 1.54) is 27.7 Å². The summed E-state index contributed by atoms with van der Waals surface area (Å²) >= 11 is 0. The van der Waals surface area contributed by atoms with E-state index in [9.17, 15) is 9.90 Å². The standard InChI is InChI=1S/C18H25N3O2/c1-4-5-21-11(2)14(8-16(19-3)18(22)23)15-6-12-9-20-10-13(12)7-17(15)21/h6-7,16,19-20H,4-5,8-10H2,1-3H3,(H,22,23). The van der Waals surface area contributed by atoms with Crippen LogP contribution >= 0.6 is 0 Å². The van der Waals surface area contributed by atoms with Crippen molar-refractivity contribution in [2.45, 2.75) is 52.4 Å². The molecule has 2 aromatic rings. The highest BCUT2D eigenvalue weighted by Crippen LogP contribution is 2.31. The molecule has 2 heterocycles. The average Bonchev–Trinajstić information content (AvgIpc) is 3.07. The Morgan fingerprint density at radius 3 is 2.70 bits per heavy atom. The first kappa shape index (κ1) is 16.0. The number of rotatable bonds is 6. The zero-order chi connectivity index (χ0) is 16.6. The van der Waals surface area contributed by atoms with Gasteiger partial charge >= 0.3 is 5.97 Å². The summed E-state index contributed by atoms with van der Waals surface area (Å²) in [6.07, 6.45) is 1.57. The Kier molecular flexibility index (Phi) is 4.41. The molecule has 23 heavy (non-hydrogen) atoms. The summed E-state index contributed by atoms with van der Waals surface area (Å²) in [5.74, 6) is -0.800. The van der Waals surface area contributed by atoms with Crippen LogP contribution in [-0.4, -0.2) is 28.7 Å². The monoisotopic (exact) mass is 315 g/mol. The highest BCUT2D eigenvalue weighted by atomic mass is 16.4. The normalized spacial score (nSPS) is 15.1. The number of nitrogens with zero attached hydrogens (tertiary/aromatic N) is 1. The van der Waals surface area contributed by atoms with Gasteiger partial charge in [0.1, 0.15) is 6.04 Å². The van der Waals surface area contributed by atoms with Crippen LogP contribution in [-0.2, 0) is 30.8 Å². The minimum absolute atomic E-state index is 0.511. The van der Waals surface area contributed by atoms with Gasteiger partial charge in [0.25, 0.3) is 0 Å². The van der Waals surface area contributed by atoms with Crippen molar-refractivity contribution in [2.75, 3.05) is 7.05 Å². The quantitative estimate of drug-likeness (QED) is 0.764. The molecule has 3 rings (SSSR count). The van der Waals surface area contributed by atoms with Crippen molar-refractivity contribution in [2.24, 2.45) is 0 Å². The number of aryl methyl sites for hydroxylation is 1. The predicted octanol–water partition coefficient (Wildman–Crippen LogP) is 2.18. The second kappa shape index (κ2) is 6.34. The maximum absolute atomic E-state index is 11.4. The van der Waals surface area contributed by atoms with Gasteiger partial charge in [0, 0.05) is 42.7 Å². The molecule has 1 unspecified atom stereocenters. The molecule has 0 radical (unpaired) electrons. The lowest BCUT2D eigenvalue weighted by Crippen LogP contribution is -2.35. The first-order valence-electron chi connectivity index (χ1n) is 8.31. The third kappa shape index (κ3) is 2.75. The Bertz CT molecular complexity index is 749. The number of carbonyl (C=O) groups is 1. The lowest BCUT2D eigenvalue weighted by Gasteiger charge is -2.12. The number of hydrogen-bond donors (Lipinski definition) is 3. The van der Waals surface area contributed by atoms with Crippen LogP contribution in [0.15, 0.2) is 12.1 Å². The van der Waals surface area contributed by atoms with Crippen molar-refractivity contribution >= 4 is 16.9 Å². The largest absolute Gasteiger partial charge is 0.480 e. The smallest absolute Gasteiger partial charge is 0.321 e. The molecule has 0 bridgehead atoms. The molecular weight excluding hydrogens is 290 g/mol. The lowest BCUT2D eigenvalue weighted by molar-refractivity contribution is -0.139. The molecule has 3 N–H and O–H groups in total. The topological polar surface area (TPSA) is 66.3 Å². The highest BCUT2D eigenvalue weighted by Gasteiger charge is 2.23. The number of benzene rings is 1. The number of nitrogens with one attached hydrogen (secondary N) is 2. The number of carboxylic acid groups (broad SMARTS) is 1. The van der Waals surface area contributed by atoms with E-state index in [0.29, 0.717) is 6.42 Å². The summed E-state index contributed by atoms with van der Waals surface area (Å²) in [6, 6.07) is 3.99. The molecule has 1 atom stereocenters. The first-order chi connectivity index (χ1) is 11.1. The number of aromatic nitrogens is 1. The van der Waals surface area contributed by atoms with E-state index >= 15 is 0 Å². The van der Waals surface area contributed by atoms with Gasteiger partial charge in [-0.2, -0.15) is 0 Å². The third-order valence-corrected chi connectivity index (χ3v) is 4.91. The van der Waals surface area contributed by atoms with Crippen LogP contribution < -0.4 is 10.6 Å². The van der Waals surface area contributed by atoms with Gasteiger partial charge < -0.3 is 20.3 Å². The second-order valence-electron chi connectivity index (χ2n) is 6.34. The molecule has 1 aromatic heterocycles. The fourth-order valence-corrected chi connectivity index (χ4v) is 3.63. The maximum atomic E-state index is 11.4. The molecular formula is C18H25N3O2. The number of hydrogen-bond acceptors (Lipinski definition) is 3. The molecule has 124 valence electrons. The molecule has 1 aliphatic rings. The number of carboxylic acids is 1. The Balaban J connectivity index is 2.15. The second-order valence-corrected chi connectivity index (χ2v) is 6.34. The van der Waals surface area contributed by atoms with E-state index in [1.807, 2.05) is 0 Å². The van der Waals surface area contributed by atoms with Crippen molar-refractivity contribution in [1.82, 2.24) is 15.2 Å². The van der Waals surface area contributed by atoms with E-state index in [0.717, 1.165) is 31.6 Å². The third-order valence-electron chi connectivity index (χ3n) is 4.91. The van der Waals surface area contributed by atoms with Gasteiger partial charge in [-0.25, -0.2) is 0 Å². The number of likely N-dealkylation sites (N-methyl/N-ethyl adjacent to an activating group) is 1. The minimum Gasteiger partial charge on any atom is -0.480 e. The molecule has 5 heteroatoms. The minimum atomic E-state index is -0.800. The van der Waals surface area contributed by atoms with E-state index in [4.69, 9.17) is 0 Å².